The SMILES string of the molecule is O=C(COc1cccc(NC(=O)c2ccc(OCC(F)(F)F)nc2)c1)Nc1ccccc1. The van der Waals surface area contributed by atoms with Crippen molar-refractivity contribution >= 4 is 23.2 Å². The van der Waals surface area contributed by atoms with Crippen LogP contribution in [-0.4, -0.2) is 36.2 Å². The van der Waals surface area contributed by atoms with Crippen molar-refractivity contribution in [3.63, 3.8) is 0 Å². The number of amides is 2. The summed E-state index contributed by atoms with van der Waals surface area (Å²) in [6.45, 7) is -1.70. The standard InChI is InChI=1S/C22H18F3N3O4/c23-22(24,25)14-32-20-10-9-15(12-26-20)21(30)28-17-7-4-8-18(11-17)31-13-19(29)27-16-5-2-1-3-6-16/h1-12H,13-14H2,(H,27,29)(H,28,30). The van der Waals surface area contributed by atoms with E-state index in [0.29, 0.717) is 17.1 Å². The Morgan fingerprint density at radius 2 is 1.62 bits per heavy atom. The highest BCUT2D eigenvalue weighted by molar-refractivity contribution is 6.04. The number of benzene rings is 2. The summed E-state index contributed by atoms with van der Waals surface area (Å²) < 4.78 is 46.5. The number of pyridine rings is 1. The van der Waals surface area contributed by atoms with E-state index in [2.05, 4.69) is 20.4 Å². The molecule has 0 aliphatic carbocycles. The lowest BCUT2D eigenvalue weighted by atomic mass is 10.2. The molecule has 0 fully saturated rings. The van der Waals surface area contributed by atoms with E-state index >= 15 is 0 Å². The third kappa shape index (κ3) is 7.31. The molecular formula is C22H18F3N3O4. The maximum Gasteiger partial charge on any atom is 0.422 e. The van der Waals surface area contributed by atoms with E-state index in [0.717, 1.165) is 6.20 Å². The van der Waals surface area contributed by atoms with Gasteiger partial charge in [-0.05, 0) is 30.3 Å². The van der Waals surface area contributed by atoms with E-state index in [-0.39, 0.29) is 24.0 Å². The monoisotopic (exact) mass is 445 g/mol. The van der Waals surface area contributed by atoms with Gasteiger partial charge in [0.2, 0.25) is 5.88 Å². The first-order valence-corrected chi connectivity index (χ1v) is 9.33. The zero-order chi connectivity index (χ0) is 23.0. The molecule has 0 saturated heterocycles. The average molecular weight is 445 g/mol. The molecule has 2 amide bonds. The van der Waals surface area contributed by atoms with E-state index in [4.69, 9.17) is 4.74 Å². The zero-order valence-electron chi connectivity index (χ0n) is 16.6. The number of nitrogens with one attached hydrogen (secondary N) is 2. The summed E-state index contributed by atoms with van der Waals surface area (Å²) in [6.07, 6.45) is -3.37. The molecule has 0 radical (unpaired) electrons. The lowest BCUT2D eigenvalue weighted by Crippen LogP contribution is -2.20. The smallest absolute Gasteiger partial charge is 0.422 e. The lowest BCUT2D eigenvalue weighted by molar-refractivity contribution is -0.154. The highest BCUT2D eigenvalue weighted by Crippen LogP contribution is 2.20. The molecule has 1 aromatic heterocycles. The molecule has 0 saturated carbocycles. The topological polar surface area (TPSA) is 89.5 Å². The molecule has 0 atom stereocenters. The van der Waals surface area contributed by atoms with Gasteiger partial charge in [0.15, 0.2) is 13.2 Å². The minimum atomic E-state index is -4.48. The van der Waals surface area contributed by atoms with Gasteiger partial charge < -0.3 is 20.1 Å². The molecule has 10 heteroatoms. The van der Waals surface area contributed by atoms with Crippen molar-refractivity contribution in [3.05, 3.63) is 78.5 Å². The number of aromatic nitrogens is 1. The number of alkyl halides is 3. The molecule has 0 bridgehead atoms. The van der Waals surface area contributed by atoms with Gasteiger partial charge >= 0.3 is 6.18 Å². The number of carbonyl (C=O) groups excluding carboxylic acids is 2. The minimum Gasteiger partial charge on any atom is -0.484 e. The lowest BCUT2D eigenvalue weighted by Gasteiger charge is -2.10. The van der Waals surface area contributed by atoms with E-state index in [1.807, 2.05) is 6.07 Å². The van der Waals surface area contributed by atoms with Gasteiger partial charge in [-0.1, -0.05) is 24.3 Å². The first-order valence-electron chi connectivity index (χ1n) is 9.33. The first-order chi connectivity index (χ1) is 15.3. The van der Waals surface area contributed by atoms with Gasteiger partial charge in [-0.25, -0.2) is 4.98 Å². The second-order valence-corrected chi connectivity index (χ2v) is 6.47. The van der Waals surface area contributed by atoms with Crippen molar-refractivity contribution in [2.24, 2.45) is 0 Å². The van der Waals surface area contributed by atoms with Crippen molar-refractivity contribution < 1.29 is 32.2 Å². The Bertz CT molecular complexity index is 1060. The summed E-state index contributed by atoms with van der Waals surface area (Å²) in [5.74, 6) is -0.758. The van der Waals surface area contributed by atoms with Crippen LogP contribution in [0.15, 0.2) is 72.9 Å². The van der Waals surface area contributed by atoms with Crippen molar-refractivity contribution in [2.75, 3.05) is 23.8 Å². The number of halogens is 3. The number of nitrogens with zero attached hydrogens (tertiary/aromatic N) is 1. The fourth-order valence-electron chi connectivity index (χ4n) is 2.49. The molecule has 0 aliphatic heterocycles. The summed E-state index contributed by atoms with van der Waals surface area (Å²) >= 11 is 0. The van der Waals surface area contributed by atoms with Crippen LogP contribution >= 0.6 is 0 Å². The van der Waals surface area contributed by atoms with Crippen molar-refractivity contribution in [1.29, 1.82) is 0 Å². The van der Waals surface area contributed by atoms with Crippen LogP contribution in [0.25, 0.3) is 0 Å². The largest absolute Gasteiger partial charge is 0.484 e. The number of hydrogen-bond acceptors (Lipinski definition) is 5. The number of rotatable bonds is 8. The second-order valence-electron chi connectivity index (χ2n) is 6.47. The molecule has 3 aromatic rings. The fourth-order valence-corrected chi connectivity index (χ4v) is 2.49. The first kappa shape index (κ1) is 22.6. The predicted molar refractivity (Wildman–Crippen MR) is 111 cm³/mol. The maximum atomic E-state index is 12.3. The van der Waals surface area contributed by atoms with Crippen molar-refractivity contribution in [3.8, 4) is 11.6 Å². The number of para-hydroxylation sites is 1. The second kappa shape index (κ2) is 10.3. The van der Waals surface area contributed by atoms with E-state index < -0.39 is 18.7 Å². The number of carbonyl (C=O) groups is 2. The highest BCUT2D eigenvalue weighted by atomic mass is 19.4. The van der Waals surface area contributed by atoms with Crippen LogP contribution in [0.4, 0.5) is 24.5 Å². The van der Waals surface area contributed by atoms with E-state index in [1.165, 1.54) is 18.2 Å². The van der Waals surface area contributed by atoms with Crippen LogP contribution in [0.1, 0.15) is 10.4 Å². The van der Waals surface area contributed by atoms with Gasteiger partial charge in [0.05, 0.1) is 5.56 Å². The van der Waals surface area contributed by atoms with Gasteiger partial charge in [0.25, 0.3) is 11.8 Å². The Balaban J connectivity index is 1.52. The van der Waals surface area contributed by atoms with Gasteiger partial charge in [-0.15, -0.1) is 0 Å². The van der Waals surface area contributed by atoms with Gasteiger partial charge in [0, 0.05) is 29.7 Å². The Kier molecular flexibility index (Phi) is 7.27. The van der Waals surface area contributed by atoms with Crippen LogP contribution in [0, 0.1) is 0 Å². The molecular weight excluding hydrogens is 427 g/mol. The van der Waals surface area contributed by atoms with Crippen LogP contribution in [-0.2, 0) is 4.79 Å². The van der Waals surface area contributed by atoms with E-state index in [9.17, 15) is 22.8 Å². The molecule has 0 spiro atoms. The minimum absolute atomic E-state index is 0.123. The molecule has 2 N–H and O–H groups in total. The summed E-state index contributed by atoms with van der Waals surface area (Å²) in [6, 6.07) is 17.8. The maximum absolute atomic E-state index is 12.3. The summed E-state index contributed by atoms with van der Waals surface area (Å²) in [5, 5.41) is 5.31. The van der Waals surface area contributed by atoms with Crippen LogP contribution in [0.3, 0.4) is 0 Å². The molecule has 2 aromatic carbocycles. The number of anilines is 2. The van der Waals surface area contributed by atoms with Crippen molar-refractivity contribution in [2.45, 2.75) is 6.18 Å². The molecule has 0 aliphatic rings. The van der Waals surface area contributed by atoms with Gasteiger partial charge in [-0.2, -0.15) is 13.2 Å². The van der Waals surface area contributed by atoms with Crippen LogP contribution in [0.5, 0.6) is 11.6 Å². The molecule has 7 nitrogen and oxygen atoms in total. The molecule has 32 heavy (non-hydrogen) atoms. The number of ether oxygens (including phenoxy) is 2. The molecule has 166 valence electrons. The molecule has 3 rings (SSSR count). The Morgan fingerprint density at radius 1 is 0.875 bits per heavy atom. The van der Waals surface area contributed by atoms with Crippen LogP contribution < -0.4 is 20.1 Å². The molecule has 0 unspecified atom stereocenters. The van der Waals surface area contributed by atoms with Crippen LogP contribution in [0.2, 0.25) is 0 Å². The van der Waals surface area contributed by atoms with Gasteiger partial charge in [-0.3, -0.25) is 9.59 Å². The van der Waals surface area contributed by atoms with Crippen molar-refractivity contribution in [1.82, 2.24) is 4.98 Å². The highest BCUT2D eigenvalue weighted by Gasteiger charge is 2.28. The normalized spacial score (nSPS) is 10.8. The Labute approximate surface area is 181 Å². The Hall–Kier alpha value is -4.08. The third-order valence-electron chi connectivity index (χ3n) is 3.90. The van der Waals surface area contributed by atoms with Gasteiger partial charge in [0.1, 0.15) is 5.75 Å². The average Bonchev–Trinajstić information content (AvgIpc) is 2.77. The number of hydrogen-bond donors (Lipinski definition) is 2. The quantitative estimate of drug-likeness (QED) is 0.540. The van der Waals surface area contributed by atoms with E-state index in [1.54, 1.807) is 42.5 Å². The Morgan fingerprint density at radius 3 is 2.31 bits per heavy atom. The predicted octanol–water partition coefficient (Wildman–Crippen LogP) is 4.29. The third-order valence-corrected chi connectivity index (χ3v) is 3.90. The summed E-state index contributed by atoms with van der Waals surface area (Å²) in [4.78, 5) is 28.0. The molecule has 1 heterocycles. The fraction of sp³-hybridized carbons (Fsp3) is 0.136. The summed E-state index contributed by atoms with van der Waals surface area (Å²) in [5.41, 5.74) is 1.16. The summed E-state index contributed by atoms with van der Waals surface area (Å²) in [7, 11) is 0. The zero-order valence-corrected chi connectivity index (χ0v) is 16.6.